The number of unbranched alkanes of at least 4 members (excludes halogenated alkanes) is 10. The van der Waals surface area contributed by atoms with Gasteiger partial charge in [0, 0.05) is 0 Å². The van der Waals surface area contributed by atoms with Gasteiger partial charge in [-0.3, -0.25) is 0 Å². The molecule has 22 heavy (non-hydrogen) atoms. The Kier molecular flexibility index (Phi) is 36.7. The van der Waals surface area contributed by atoms with Crippen LogP contribution in [0.4, 0.5) is 0 Å². The van der Waals surface area contributed by atoms with Crippen LogP contribution in [-0.2, 0) is 21.1 Å². The molecule has 0 atom stereocenters. The van der Waals surface area contributed by atoms with Crippen LogP contribution in [0.25, 0.3) is 0 Å². The summed E-state index contributed by atoms with van der Waals surface area (Å²) in [6.07, 6.45) is 16.0. The van der Waals surface area contributed by atoms with Gasteiger partial charge in [-0.25, -0.2) is 4.57 Å². The smallest absolute Gasteiger partial charge is 0.343 e. The normalized spacial score (nSPS) is 9.77. The Morgan fingerprint density at radius 3 is 1.09 bits per heavy atom. The molecular formula is C16H37NiO4P. The minimum absolute atomic E-state index is 0. The quantitative estimate of drug-likeness (QED) is 0.203. The first kappa shape index (κ1) is 30.5. The summed E-state index contributed by atoms with van der Waals surface area (Å²) in [4.78, 5) is 21.6. The van der Waals surface area contributed by atoms with Gasteiger partial charge >= 0.3 is 24.3 Å². The van der Waals surface area contributed by atoms with E-state index in [2.05, 4.69) is 27.7 Å². The third-order valence-electron chi connectivity index (χ3n) is 2.71. The molecule has 0 aliphatic carbocycles. The van der Waals surface area contributed by atoms with Gasteiger partial charge in [-0.2, -0.15) is 12.8 Å². The summed E-state index contributed by atoms with van der Waals surface area (Å²) in [7, 11) is -4.64. The minimum atomic E-state index is -4.64. The molecule has 0 aromatic rings. The van der Waals surface area contributed by atoms with Crippen molar-refractivity contribution in [1.29, 1.82) is 0 Å². The zero-order valence-electron chi connectivity index (χ0n) is 14.4. The molecule has 140 valence electrons. The topological polar surface area (TPSA) is 77.8 Å². The van der Waals surface area contributed by atoms with Crippen molar-refractivity contribution in [2.24, 2.45) is 0 Å². The molecule has 0 spiro atoms. The summed E-state index contributed by atoms with van der Waals surface area (Å²) in [5.74, 6) is 0. The van der Waals surface area contributed by atoms with Gasteiger partial charge in [-0.05, 0) is 0 Å². The van der Waals surface area contributed by atoms with E-state index in [1.54, 1.807) is 0 Å². The second-order valence-corrected chi connectivity index (χ2v) is 6.08. The van der Waals surface area contributed by atoms with Crippen molar-refractivity contribution in [3.8, 4) is 0 Å². The minimum Gasteiger partial charge on any atom is -0.343 e. The molecule has 0 bridgehead atoms. The van der Waals surface area contributed by atoms with Gasteiger partial charge in [0.1, 0.15) is 0 Å². The molecule has 0 rings (SSSR count). The molecule has 0 saturated carbocycles. The summed E-state index contributed by atoms with van der Waals surface area (Å²) in [5.41, 5.74) is 0. The Morgan fingerprint density at radius 1 is 0.682 bits per heavy atom. The monoisotopic (exact) mass is 382 g/mol. The molecule has 0 aromatic heterocycles. The first-order valence-corrected chi connectivity index (χ1v) is 9.76. The molecule has 3 N–H and O–H groups in total. The maximum absolute atomic E-state index is 8.88. The molecule has 0 saturated heterocycles. The van der Waals surface area contributed by atoms with Gasteiger partial charge in [0.15, 0.2) is 0 Å². The Bertz CT molecular complexity index is 178. The van der Waals surface area contributed by atoms with E-state index in [1.165, 1.54) is 64.2 Å². The Labute approximate surface area is 148 Å². The summed E-state index contributed by atoms with van der Waals surface area (Å²) in [6.45, 7) is 12.0. The van der Waals surface area contributed by atoms with E-state index in [0.717, 1.165) is 12.8 Å². The molecule has 0 heterocycles. The first-order valence-electron chi connectivity index (χ1n) is 8.20. The summed E-state index contributed by atoms with van der Waals surface area (Å²) in [5, 5.41) is 0. The van der Waals surface area contributed by atoms with Crippen LogP contribution in [-0.4, -0.2) is 14.7 Å². The van der Waals surface area contributed by atoms with Gasteiger partial charge in [-0.15, -0.1) is 0 Å². The second-order valence-electron chi connectivity index (χ2n) is 5.05. The van der Waals surface area contributed by atoms with E-state index in [4.69, 9.17) is 19.2 Å². The van der Waals surface area contributed by atoms with Crippen LogP contribution in [0.1, 0.15) is 90.9 Å². The fraction of sp³-hybridized carbons (Fsp3) is 0.875. The zero-order chi connectivity index (χ0) is 17.0. The van der Waals surface area contributed by atoms with Gasteiger partial charge in [0.05, 0.1) is 0 Å². The van der Waals surface area contributed by atoms with Gasteiger partial charge in [0.25, 0.3) is 0 Å². The van der Waals surface area contributed by atoms with Crippen LogP contribution < -0.4 is 0 Å². The third-order valence-corrected chi connectivity index (χ3v) is 2.71. The van der Waals surface area contributed by atoms with E-state index >= 15 is 0 Å². The second kappa shape index (κ2) is 26.5. The molecule has 0 amide bonds. The van der Waals surface area contributed by atoms with Crippen molar-refractivity contribution in [3.63, 3.8) is 0 Å². The van der Waals surface area contributed by atoms with E-state index in [-0.39, 0.29) is 16.5 Å². The first-order chi connectivity index (χ1) is 9.83. The molecule has 6 heteroatoms. The van der Waals surface area contributed by atoms with Crippen LogP contribution in [0, 0.1) is 13.8 Å². The summed E-state index contributed by atoms with van der Waals surface area (Å²) < 4.78 is 8.88. The molecule has 0 aliphatic rings. The van der Waals surface area contributed by atoms with Crippen molar-refractivity contribution in [3.05, 3.63) is 13.8 Å². The van der Waals surface area contributed by atoms with Crippen molar-refractivity contribution in [1.82, 2.24) is 0 Å². The average molecular weight is 383 g/mol. The molecule has 0 radical (unpaired) electrons. The molecule has 4 nitrogen and oxygen atoms in total. The van der Waals surface area contributed by atoms with Crippen LogP contribution in [0.2, 0.25) is 0 Å². The zero-order valence-corrected chi connectivity index (χ0v) is 16.3. The van der Waals surface area contributed by atoms with Gasteiger partial charge < -0.3 is 28.5 Å². The van der Waals surface area contributed by atoms with Crippen molar-refractivity contribution in [2.45, 2.75) is 90.9 Å². The molecular weight excluding hydrogens is 346 g/mol. The molecule has 0 aliphatic heterocycles. The number of hydrogen-bond acceptors (Lipinski definition) is 1. The van der Waals surface area contributed by atoms with Gasteiger partial charge in [0.2, 0.25) is 0 Å². The molecule has 0 aromatic carbocycles. The predicted octanol–water partition coefficient (Wildman–Crippen LogP) is 5.43. The maximum atomic E-state index is 8.88. The van der Waals surface area contributed by atoms with Crippen LogP contribution in [0.5, 0.6) is 0 Å². The fourth-order valence-corrected chi connectivity index (χ4v) is 1.56. The fourth-order valence-electron chi connectivity index (χ4n) is 1.56. The SMILES string of the molecule is O=P(O)(O)O.[CH2-]CCCCCCC.[CH2-]CCCCCCC.[Ni+2]. The Morgan fingerprint density at radius 2 is 0.909 bits per heavy atom. The van der Waals surface area contributed by atoms with E-state index in [0.29, 0.717) is 0 Å². The average Bonchev–Trinajstić information content (AvgIpc) is 2.39. The van der Waals surface area contributed by atoms with Gasteiger partial charge in [-0.1, -0.05) is 78.1 Å². The Balaban J connectivity index is -0.000000111. The largest absolute Gasteiger partial charge is 2.00 e. The van der Waals surface area contributed by atoms with Crippen LogP contribution in [0.15, 0.2) is 0 Å². The standard InChI is InChI=1S/2C8H17.Ni.H3O4P/c2*1-3-5-7-8-6-4-2;;1-5(2,3)4/h2*1,3-8H2,2H3;;(H3,1,2,3,4)/q2*-1;+2;. The van der Waals surface area contributed by atoms with Crippen molar-refractivity contribution >= 4 is 7.82 Å². The predicted molar refractivity (Wildman–Crippen MR) is 91.7 cm³/mol. The van der Waals surface area contributed by atoms with E-state index < -0.39 is 7.82 Å². The van der Waals surface area contributed by atoms with Crippen molar-refractivity contribution in [2.75, 3.05) is 0 Å². The number of phosphoric acid groups is 1. The molecule has 0 fully saturated rings. The molecule has 0 unspecified atom stereocenters. The van der Waals surface area contributed by atoms with Crippen LogP contribution in [0.3, 0.4) is 0 Å². The summed E-state index contributed by atoms with van der Waals surface area (Å²) >= 11 is 0. The summed E-state index contributed by atoms with van der Waals surface area (Å²) in [6, 6.07) is 0. The van der Waals surface area contributed by atoms with E-state index in [9.17, 15) is 0 Å². The Hall–Kier alpha value is 0.604. The third kappa shape index (κ3) is 70.4. The maximum Gasteiger partial charge on any atom is 2.00 e. The van der Waals surface area contributed by atoms with Crippen molar-refractivity contribution < 1.29 is 35.7 Å². The van der Waals surface area contributed by atoms with E-state index in [1.807, 2.05) is 0 Å². The number of rotatable bonds is 10. The number of hydrogen-bond donors (Lipinski definition) is 3. The van der Waals surface area contributed by atoms with Crippen LogP contribution >= 0.6 is 7.82 Å².